The summed E-state index contributed by atoms with van der Waals surface area (Å²) in [5, 5.41) is 0.432. The SMILES string of the molecule is CC(=O)N(Cc1ccccc1)[C@H]1CCCCC/C=C\[C@H]2C[C@@]2(C(=O)NS(=O)(=O)C2(C)CC2)CC(=O)[C@@H]2C[C@@H](Oc3nc4ccccc4s3)CN2C1=O. The van der Waals surface area contributed by atoms with Crippen LogP contribution in [0.4, 0.5) is 0 Å². The van der Waals surface area contributed by atoms with Crippen LogP contribution < -0.4 is 9.46 Å². The maximum Gasteiger partial charge on any atom is 0.274 e. The lowest BCUT2D eigenvalue weighted by Crippen LogP contribution is -2.53. The van der Waals surface area contributed by atoms with Crippen molar-refractivity contribution in [2.24, 2.45) is 11.3 Å². The zero-order valence-electron chi connectivity index (χ0n) is 29.7. The van der Waals surface area contributed by atoms with Crippen LogP contribution in [0.5, 0.6) is 5.19 Å². The van der Waals surface area contributed by atoms with E-state index in [9.17, 15) is 27.6 Å². The van der Waals surface area contributed by atoms with Crippen LogP contribution in [-0.2, 0) is 35.7 Å². The Kier molecular flexibility index (Phi) is 10.0. The van der Waals surface area contributed by atoms with Crippen LogP contribution in [0.1, 0.15) is 83.6 Å². The van der Waals surface area contributed by atoms with Crippen LogP contribution in [0.3, 0.4) is 0 Å². The fourth-order valence-corrected chi connectivity index (χ4v) is 9.90. The summed E-state index contributed by atoms with van der Waals surface area (Å²) in [5.74, 6) is -1.85. The number of Topliss-reactive ketones (excluding diaryl/α,β-unsaturated/α-hetero) is 1. The molecule has 0 radical (unpaired) electrons. The first kappa shape index (κ1) is 36.3. The van der Waals surface area contributed by atoms with E-state index in [2.05, 4.69) is 9.71 Å². The third kappa shape index (κ3) is 7.39. The highest BCUT2D eigenvalue weighted by Gasteiger charge is 2.62. The van der Waals surface area contributed by atoms with Gasteiger partial charge in [-0.1, -0.05) is 78.8 Å². The molecule has 2 saturated carbocycles. The molecule has 4 aliphatic rings. The van der Waals surface area contributed by atoms with E-state index in [4.69, 9.17) is 4.74 Å². The molecule has 1 aromatic heterocycles. The summed E-state index contributed by atoms with van der Waals surface area (Å²) in [5.41, 5.74) is 0.446. The van der Waals surface area contributed by atoms with E-state index in [1.165, 1.54) is 18.3 Å². The summed E-state index contributed by atoms with van der Waals surface area (Å²) in [6, 6.07) is 15.5. The van der Waals surface area contributed by atoms with Gasteiger partial charge in [0.1, 0.15) is 12.1 Å². The van der Waals surface area contributed by atoms with Crippen LogP contribution >= 0.6 is 11.3 Å². The molecule has 0 unspecified atom stereocenters. The fourth-order valence-electron chi connectivity index (χ4n) is 7.69. The lowest BCUT2D eigenvalue weighted by Gasteiger charge is -2.35. The fraction of sp³-hybridized carbons (Fsp3) is 0.513. The number of benzene rings is 2. The molecule has 11 nitrogen and oxygen atoms in total. The third-order valence-electron chi connectivity index (χ3n) is 11.3. The summed E-state index contributed by atoms with van der Waals surface area (Å²) in [4.78, 5) is 64.3. The first-order valence-corrected chi connectivity index (χ1v) is 20.6. The standard InChI is InChI=1S/C39H46N4O7S2/c1-26(44)42(24-27-13-7-6-8-14-27)31-17-10-5-3-4-9-15-28-22-39(28,36(47)41-52(48,49)38(2)19-20-38)23-33(45)32-21-29(25-43(32)35(31)46)50-37-40-30-16-11-12-18-34(30)51-37/h6-9,11-16,18,28-29,31-32H,3-5,10,17,19-25H2,1-2H3,(H,41,47)/b15-9-/t28-,29+,31-,32-,39+/m0/s1. The average molecular weight is 747 g/mol. The Labute approximate surface area is 308 Å². The topological polar surface area (TPSA) is 143 Å². The number of hydrogen-bond donors (Lipinski definition) is 1. The van der Waals surface area contributed by atoms with Gasteiger partial charge in [-0.15, -0.1) is 0 Å². The van der Waals surface area contributed by atoms with Crippen molar-refractivity contribution < 1.29 is 32.3 Å². The molecule has 13 heteroatoms. The summed E-state index contributed by atoms with van der Waals surface area (Å²) in [6.07, 6.45) is 8.22. The Morgan fingerprint density at radius 3 is 2.54 bits per heavy atom. The summed E-state index contributed by atoms with van der Waals surface area (Å²) >= 11 is 1.39. The normalized spacial score (nSPS) is 28.2. The van der Waals surface area contributed by atoms with Gasteiger partial charge >= 0.3 is 0 Å². The molecule has 3 fully saturated rings. The number of allylic oxidation sites excluding steroid dienone is 2. The first-order chi connectivity index (χ1) is 24.9. The maximum absolute atomic E-state index is 14.8. The second-order valence-electron chi connectivity index (χ2n) is 15.1. The van der Waals surface area contributed by atoms with E-state index in [0.29, 0.717) is 37.3 Å². The van der Waals surface area contributed by atoms with Crippen molar-refractivity contribution >= 4 is 55.1 Å². The molecule has 3 aromatic rings. The molecule has 0 bridgehead atoms. The molecule has 52 heavy (non-hydrogen) atoms. The van der Waals surface area contributed by atoms with E-state index in [-0.39, 0.29) is 49.4 Å². The number of amides is 3. The second-order valence-corrected chi connectivity index (χ2v) is 18.3. The lowest BCUT2D eigenvalue weighted by atomic mass is 9.91. The highest BCUT2D eigenvalue weighted by Crippen LogP contribution is 2.57. The molecule has 3 amide bonds. The molecule has 2 aromatic carbocycles. The van der Waals surface area contributed by atoms with Crippen LogP contribution in [0, 0.1) is 11.3 Å². The van der Waals surface area contributed by atoms with Crippen molar-refractivity contribution in [3.63, 3.8) is 0 Å². The highest BCUT2D eigenvalue weighted by molar-refractivity contribution is 7.91. The lowest BCUT2D eigenvalue weighted by molar-refractivity contribution is -0.148. The number of nitrogens with zero attached hydrogens (tertiary/aromatic N) is 3. The summed E-state index contributed by atoms with van der Waals surface area (Å²) in [7, 11) is -3.92. The third-order valence-corrected chi connectivity index (χ3v) is 14.4. The number of carbonyl (C=O) groups excluding carboxylic acids is 4. The molecule has 2 aliphatic heterocycles. The minimum absolute atomic E-state index is 0.105. The molecule has 5 atom stereocenters. The molecular weight excluding hydrogens is 701 g/mol. The van der Waals surface area contributed by atoms with Crippen molar-refractivity contribution in [2.75, 3.05) is 6.54 Å². The molecule has 2 aliphatic carbocycles. The van der Waals surface area contributed by atoms with Crippen molar-refractivity contribution in [3.8, 4) is 5.19 Å². The number of para-hydroxylation sites is 1. The second kappa shape index (κ2) is 14.4. The van der Waals surface area contributed by atoms with Crippen LogP contribution in [0.25, 0.3) is 10.2 Å². The Morgan fingerprint density at radius 1 is 1.06 bits per heavy atom. The van der Waals surface area contributed by atoms with E-state index < -0.39 is 44.3 Å². The van der Waals surface area contributed by atoms with Crippen LogP contribution in [0.15, 0.2) is 66.7 Å². The van der Waals surface area contributed by atoms with Crippen molar-refractivity contribution in [1.82, 2.24) is 19.5 Å². The number of thiazole rings is 1. The predicted octanol–water partition coefficient (Wildman–Crippen LogP) is 5.55. The van der Waals surface area contributed by atoms with E-state index in [1.54, 1.807) is 16.7 Å². The number of fused-ring (bicyclic) bond motifs is 3. The zero-order valence-corrected chi connectivity index (χ0v) is 31.3. The Bertz CT molecular complexity index is 1960. The number of rotatable bonds is 8. The van der Waals surface area contributed by atoms with Gasteiger partial charge in [-0.3, -0.25) is 23.9 Å². The van der Waals surface area contributed by atoms with Gasteiger partial charge in [0.25, 0.3) is 5.19 Å². The molecule has 1 saturated heterocycles. The van der Waals surface area contributed by atoms with Gasteiger partial charge in [-0.2, -0.15) is 0 Å². The Morgan fingerprint density at radius 2 is 1.81 bits per heavy atom. The maximum atomic E-state index is 14.8. The Hall–Kier alpha value is -4.10. The summed E-state index contributed by atoms with van der Waals surface area (Å²) < 4.78 is 35.0. The van der Waals surface area contributed by atoms with Crippen molar-refractivity contribution in [1.29, 1.82) is 0 Å². The highest BCUT2D eigenvalue weighted by atomic mass is 32.2. The average Bonchev–Trinajstić information content (AvgIpc) is 3.92. The smallest absolute Gasteiger partial charge is 0.274 e. The number of hydrogen-bond acceptors (Lipinski definition) is 9. The number of nitrogens with one attached hydrogen (secondary N) is 1. The van der Waals surface area contributed by atoms with Gasteiger partial charge in [0.05, 0.1) is 33.0 Å². The predicted molar refractivity (Wildman–Crippen MR) is 198 cm³/mol. The van der Waals surface area contributed by atoms with Gasteiger partial charge in [0.15, 0.2) is 5.78 Å². The number of ketones is 1. The minimum atomic E-state index is -3.92. The van der Waals surface area contributed by atoms with Gasteiger partial charge in [0, 0.05) is 26.3 Å². The van der Waals surface area contributed by atoms with Gasteiger partial charge in [0.2, 0.25) is 27.7 Å². The summed E-state index contributed by atoms with van der Waals surface area (Å²) in [6.45, 7) is 3.44. The van der Waals surface area contributed by atoms with E-state index in [0.717, 1.165) is 35.0 Å². The van der Waals surface area contributed by atoms with Gasteiger partial charge < -0.3 is 14.5 Å². The molecule has 276 valence electrons. The first-order valence-electron chi connectivity index (χ1n) is 18.3. The van der Waals surface area contributed by atoms with Crippen LogP contribution in [-0.4, -0.2) is 76.2 Å². The monoisotopic (exact) mass is 746 g/mol. The van der Waals surface area contributed by atoms with Crippen molar-refractivity contribution in [3.05, 3.63) is 72.3 Å². The number of ether oxygens (including phenoxy) is 1. The van der Waals surface area contributed by atoms with E-state index in [1.807, 2.05) is 66.7 Å². The van der Waals surface area contributed by atoms with Crippen molar-refractivity contribution in [2.45, 2.75) is 108 Å². The minimum Gasteiger partial charge on any atom is -0.465 e. The molecular formula is C39H46N4O7S2. The molecule has 0 spiro atoms. The van der Waals surface area contributed by atoms with Crippen LogP contribution in [0.2, 0.25) is 0 Å². The number of aromatic nitrogens is 1. The van der Waals surface area contributed by atoms with E-state index >= 15 is 0 Å². The number of carbonyl (C=O) groups is 4. The quantitative estimate of drug-likeness (QED) is 0.296. The Balaban J connectivity index is 1.21. The molecule has 7 rings (SSSR count). The number of sulfonamides is 1. The largest absolute Gasteiger partial charge is 0.465 e. The van der Waals surface area contributed by atoms with Gasteiger partial charge in [-0.05, 0) is 69.1 Å². The molecule has 3 heterocycles. The zero-order chi connectivity index (χ0) is 36.7. The van der Waals surface area contributed by atoms with Gasteiger partial charge in [-0.25, -0.2) is 13.4 Å². The molecule has 1 N–H and O–H groups in total.